The summed E-state index contributed by atoms with van der Waals surface area (Å²) in [5.41, 5.74) is 0.906. The molecule has 0 unspecified atom stereocenters. The quantitative estimate of drug-likeness (QED) is 0.643. The summed E-state index contributed by atoms with van der Waals surface area (Å²) in [6.45, 7) is 1.98. The molecule has 0 aliphatic carbocycles. The van der Waals surface area contributed by atoms with Gasteiger partial charge in [-0.05, 0) is 18.9 Å². The van der Waals surface area contributed by atoms with Crippen LogP contribution in [-0.2, 0) is 20.9 Å². The average molecular weight is 364 g/mol. The fourth-order valence-electron chi connectivity index (χ4n) is 3.08. The Hall–Kier alpha value is -2.12. The number of aliphatic hydroxyl groups excluding tert-OH is 1. The molecule has 144 valence electrons. The number of methoxy groups -OCH3 is 1. The van der Waals surface area contributed by atoms with Crippen LogP contribution in [0.4, 0.5) is 0 Å². The summed E-state index contributed by atoms with van der Waals surface area (Å²) < 4.78 is 11.1. The Labute approximate surface area is 154 Å². The summed E-state index contributed by atoms with van der Waals surface area (Å²) in [7, 11) is 1.60. The van der Waals surface area contributed by atoms with E-state index in [-0.39, 0.29) is 37.0 Å². The van der Waals surface area contributed by atoms with Crippen molar-refractivity contribution in [1.82, 2.24) is 10.6 Å². The maximum Gasteiger partial charge on any atom is 0.222 e. The standard InChI is InChI=1S/C19H28N2O5/c1-3-18(23)21-15-9-8-14(26-17(15)12-22)10-19(24)20-11-13-6-4-5-7-16(13)25-2/h4-7,14-15,17,22H,3,8-12H2,1-2H3,(H,20,24)(H,21,23)/t14-,15-,17+/m1/s1. The molecular formula is C19H28N2O5. The van der Waals surface area contributed by atoms with Gasteiger partial charge in [0, 0.05) is 18.5 Å². The van der Waals surface area contributed by atoms with Crippen molar-refractivity contribution in [2.45, 2.75) is 57.4 Å². The highest BCUT2D eigenvalue weighted by atomic mass is 16.5. The predicted octanol–water partition coefficient (Wildman–Crippen LogP) is 1.14. The van der Waals surface area contributed by atoms with Crippen molar-refractivity contribution < 1.29 is 24.2 Å². The van der Waals surface area contributed by atoms with Crippen LogP contribution in [0.5, 0.6) is 5.75 Å². The Morgan fingerprint density at radius 3 is 2.73 bits per heavy atom. The number of nitrogens with one attached hydrogen (secondary N) is 2. The van der Waals surface area contributed by atoms with Crippen molar-refractivity contribution in [1.29, 1.82) is 0 Å². The Bertz CT molecular complexity index is 607. The first-order chi connectivity index (χ1) is 12.6. The van der Waals surface area contributed by atoms with Gasteiger partial charge >= 0.3 is 0 Å². The van der Waals surface area contributed by atoms with Gasteiger partial charge in [-0.25, -0.2) is 0 Å². The van der Waals surface area contributed by atoms with E-state index in [2.05, 4.69) is 10.6 Å². The van der Waals surface area contributed by atoms with E-state index in [0.29, 0.717) is 25.8 Å². The van der Waals surface area contributed by atoms with Crippen molar-refractivity contribution in [3.8, 4) is 5.75 Å². The van der Waals surface area contributed by atoms with Crippen LogP contribution in [0, 0.1) is 0 Å². The number of para-hydroxylation sites is 1. The van der Waals surface area contributed by atoms with E-state index in [1.807, 2.05) is 24.3 Å². The zero-order chi connectivity index (χ0) is 18.9. The Morgan fingerprint density at radius 2 is 2.04 bits per heavy atom. The van der Waals surface area contributed by atoms with E-state index in [1.165, 1.54) is 0 Å². The number of benzene rings is 1. The molecule has 1 aromatic rings. The van der Waals surface area contributed by atoms with E-state index < -0.39 is 6.10 Å². The number of aliphatic hydroxyl groups is 1. The second kappa shape index (κ2) is 10.1. The zero-order valence-corrected chi connectivity index (χ0v) is 15.4. The first-order valence-electron chi connectivity index (χ1n) is 9.01. The molecule has 0 saturated carbocycles. The SMILES string of the molecule is CCC(=O)N[C@@H]1CC[C@H](CC(=O)NCc2ccccc2OC)O[C@H]1CO. The number of rotatable bonds is 8. The summed E-state index contributed by atoms with van der Waals surface area (Å²) in [5.74, 6) is 0.551. The molecule has 3 N–H and O–H groups in total. The summed E-state index contributed by atoms with van der Waals surface area (Å²) in [4.78, 5) is 23.8. The molecule has 1 saturated heterocycles. The highest BCUT2D eigenvalue weighted by Gasteiger charge is 2.32. The Morgan fingerprint density at radius 1 is 1.27 bits per heavy atom. The Kier molecular flexibility index (Phi) is 7.87. The zero-order valence-electron chi connectivity index (χ0n) is 15.4. The molecule has 1 aromatic carbocycles. The minimum absolute atomic E-state index is 0.0648. The first-order valence-corrected chi connectivity index (χ1v) is 9.01. The van der Waals surface area contributed by atoms with Crippen molar-refractivity contribution in [3.05, 3.63) is 29.8 Å². The summed E-state index contributed by atoms with van der Waals surface area (Å²) in [5, 5.41) is 15.3. The second-order valence-corrected chi connectivity index (χ2v) is 6.38. The molecule has 0 radical (unpaired) electrons. The highest BCUT2D eigenvalue weighted by molar-refractivity contribution is 5.77. The molecule has 1 aliphatic heterocycles. The maximum absolute atomic E-state index is 12.2. The van der Waals surface area contributed by atoms with Gasteiger partial charge in [-0.15, -0.1) is 0 Å². The fraction of sp³-hybridized carbons (Fsp3) is 0.579. The average Bonchev–Trinajstić information content (AvgIpc) is 2.67. The third-order valence-electron chi connectivity index (χ3n) is 4.54. The van der Waals surface area contributed by atoms with Gasteiger partial charge in [0.1, 0.15) is 11.9 Å². The molecule has 2 rings (SSSR count). The van der Waals surface area contributed by atoms with Gasteiger partial charge < -0.3 is 25.2 Å². The van der Waals surface area contributed by atoms with Crippen LogP contribution in [-0.4, -0.2) is 48.9 Å². The van der Waals surface area contributed by atoms with Crippen LogP contribution in [0.2, 0.25) is 0 Å². The summed E-state index contributed by atoms with van der Waals surface area (Å²) in [6, 6.07) is 7.31. The normalized spacial score (nSPS) is 22.5. The number of hydrogen-bond donors (Lipinski definition) is 3. The minimum atomic E-state index is -0.480. The third kappa shape index (κ3) is 5.71. The minimum Gasteiger partial charge on any atom is -0.496 e. The topological polar surface area (TPSA) is 96.9 Å². The van der Waals surface area contributed by atoms with E-state index in [9.17, 15) is 14.7 Å². The highest BCUT2D eigenvalue weighted by Crippen LogP contribution is 2.22. The molecule has 1 aliphatic rings. The van der Waals surface area contributed by atoms with Gasteiger partial charge in [-0.1, -0.05) is 25.1 Å². The van der Waals surface area contributed by atoms with Crippen LogP contribution in [0.1, 0.15) is 38.2 Å². The molecule has 3 atom stereocenters. The van der Waals surface area contributed by atoms with Crippen molar-refractivity contribution >= 4 is 11.8 Å². The third-order valence-corrected chi connectivity index (χ3v) is 4.54. The van der Waals surface area contributed by atoms with Crippen LogP contribution >= 0.6 is 0 Å². The Balaban J connectivity index is 1.81. The number of amides is 2. The maximum atomic E-state index is 12.2. The number of hydrogen-bond acceptors (Lipinski definition) is 5. The van der Waals surface area contributed by atoms with E-state index >= 15 is 0 Å². The van der Waals surface area contributed by atoms with Crippen LogP contribution in [0.25, 0.3) is 0 Å². The molecule has 7 heteroatoms. The largest absolute Gasteiger partial charge is 0.496 e. The number of carbonyl (C=O) groups excluding carboxylic acids is 2. The molecule has 1 fully saturated rings. The van der Waals surface area contributed by atoms with Crippen molar-refractivity contribution in [3.63, 3.8) is 0 Å². The predicted molar refractivity (Wildman–Crippen MR) is 96.7 cm³/mol. The lowest BCUT2D eigenvalue weighted by Crippen LogP contribution is -2.51. The lowest BCUT2D eigenvalue weighted by molar-refractivity contribution is -0.135. The number of carbonyl (C=O) groups is 2. The second-order valence-electron chi connectivity index (χ2n) is 6.38. The summed E-state index contributed by atoms with van der Waals surface area (Å²) in [6.07, 6.45) is 1.21. The van der Waals surface area contributed by atoms with Crippen LogP contribution < -0.4 is 15.4 Å². The lowest BCUT2D eigenvalue weighted by Gasteiger charge is -2.36. The molecule has 7 nitrogen and oxygen atoms in total. The van der Waals surface area contributed by atoms with Crippen LogP contribution in [0.3, 0.4) is 0 Å². The molecular weight excluding hydrogens is 336 g/mol. The molecule has 0 bridgehead atoms. The number of ether oxygens (including phenoxy) is 2. The van der Waals surface area contributed by atoms with E-state index in [1.54, 1.807) is 14.0 Å². The monoisotopic (exact) mass is 364 g/mol. The van der Waals surface area contributed by atoms with Gasteiger partial charge in [-0.2, -0.15) is 0 Å². The van der Waals surface area contributed by atoms with E-state index in [0.717, 1.165) is 11.3 Å². The fourth-order valence-corrected chi connectivity index (χ4v) is 3.08. The van der Waals surface area contributed by atoms with Crippen molar-refractivity contribution in [2.24, 2.45) is 0 Å². The first kappa shape index (κ1) is 20.2. The summed E-state index contributed by atoms with van der Waals surface area (Å²) >= 11 is 0. The molecule has 0 spiro atoms. The van der Waals surface area contributed by atoms with Gasteiger partial charge in [0.25, 0.3) is 0 Å². The molecule has 1 heterocycles. The van der Waals surface area contributed by atoms with Gasteiger partial charge in [0.2, 0.25) is 11.8 Å². The molecule has 2 amide bonds. The van der Waals surface area contributed by atoms with Gasteiger partial charge in [0.05, 0.1) is 32.3 Å². The van der Waals surface area contributed by atoms with Crippen molar-refractivity contribution in [2.75, 3.05) is 13.7 Å². The lowest BCUT2D eigenvalue weighted by atomic mass is 9.96. The molecule has 0 aromatic heterocycles. The van der Waals surface area contributed by atoms with Gasteiger partial charge in [-0.3, -0.25) is 9.59 Å². The molecule has 26 heavy (non-hydrogen) atoms. The van der Waals surface area contributed by atoms with E-state index in [4.69, 9.17) is 9.47 Å². The smallest absolute Gasteiger partial charge is 0.222 e. The van der Waals surface area contributed by atoms with Crippen LogP contribution in [0.15, 0.2) is 24.3 Å². The van der Waals surface area contributed by atoms with Gasteiger partial charge in [0.15, 0.2) is 0 Å².